The number of phenols is 1. The average molecular weight is 214 g/mol. The van der Waals surface area contributed by atoms with Crippen LogP contribution >= 0.6 is 11.6 Å². The van der Waals surface area contributed by atoms with Gasteiger partial charge in [0.1, 0.15) is 5.75 Å². The van der Waals surface area contributed by atoms with E-state index in [-0.39, 0.29) is 12.4 Å². The summed E-state index contributed by atoms with van der Waals surface area (Å²) in [4.78, 5) is 0. The molecule has 0 aliphatic heterocycles. The molecule has 1 saturated carbocycles. The molecule has 14 heavy (non-hydrogen) atoms. The summed E-state index contributed by atoms with van der Waals surface area (Å²) < 4.78 is 0. The predicted molar refractivity (Wildman–Crippen MR) is 54.1 cm³/mol. The summed E-state index contributed by atoms with van der Waals surface area (Å²) in [6.07, 6.45) is 1.71. The molecule has 1 aromatic rings. The van der Waals surface area contributed by atoms with Crippen molar-refractivity contribution in [2.24, 2.45) is 5.73 Å². The Morgan fingerprint density at radius 3 is 2.57 bits per heavy atom. The van der Waals surface area contributed by atoms with Gasteiger partial charge < -0.3 is 15.9 Å². The molecule has 0 unspecified atom stereocenters. The van der Waals surface area contributed by atoms with Gasteiger partial charge in [-0.15, -0.1) is 0 Å². The highest BCUT2D eigenvalue weighted by Gasteiger charge is 2.42. The Labute approximate surface area is 87.1 Å². The van der Waals surface area contributed by atoms with Crippen LogP contribution in [0.2, 0.25) is 5.02 Å². The van der Waals surface area contributed by atoms with Crippen molar-refractivity contribution in [3.8, 4) is 5.75 Å². The van der Waals surface area contributed by atoms with Crippen molar-refractivity contribution in [2.45, 2.75) is 25.0 Å². The fourth-order valence-corrected chi connectivity index (χ4v) is 1.80. The quantitative estimate of drug-likeness (QED) is 0.697. The molecule has 0 saturated heterocycles. The van der Waals surface area contributed by atoms with Crippen molar-refractivity contribution in [3.63, 3.8) is 0 Å². The number of hydrogen-bond acceptors (Lipinski definition) is 3. The van der Waals surface area contributed by atoms with Gasteiger partial charge in [0.15, 0.2) is 0 Å². The van der Waals surface area contributed by atoms with Crippen LogP contribution in [-0.2, 0) is 12.1 Å². The van der Waals surface area contributed by atoms with Crippen molar-refractivity contribution >= 4 is 11.6 Å². The zero-order chi connectivity index (χ0) is 10.3. The maximum absolute atomic E-state index is 9.79. The van der Waals surface area contributed by atoms with Gasteiger partial charge in [-0.2, -0.15) is 0 Å². The van der Waals surface area contributed by atoms with Gasteiger partial charge in [-0.1, -0.05) is 11.6 Å². The Kier molecular flexibility index (Phi) is 2.18. The molecule has 0 heterocycles. The third-order valence-corrected chi connectivity index (χ3v) is 2.87. The van der Waals surface area contributed by atoms with Crippen LogP contribution in [0.4, 0.5) is 0 Å². The zero-order valence-electron chi connectivity index (χ0n) is 7.63. The van der Waals surface area contributed by atoms with Crippen LogP contribution in [0, 0.1) is 0 Å². The molecule has 1 fully saturated rings. The van der Waals surface area contributed by atoms with E-state index in [1.165, 1.54) is 0 Å². The Bertz CT molecular complexity index is 375. The van der Waals surface area contributed by atoms with Crippen molar-refractivity contribution in [3.05, 3.63) is 28.3 Å². The van der Waals surface area contributed by atoms with E-state index in [9.17, 15) is 5.11 Å². The molecule has 0 aromatic heterocycles. The van der Waals surface area contributed by atoms with Gasteiger partial charge in [-0.05, 0) is 25.0 Å². The van der Waals surface area contributed by atoms with Crippen molar-refractivity contribution < 1.29 is 10.2 Å². The molecule has 4 heteroatoms. The van der Waals surface area contributed by atoms with Crippen LogP contribution in [-0.4, -0.2) is 10.2 Å². The number of benzene rings is 1. The molecule has 2 rings (SSSR count). The van der Waals surface area contributed by atoms with Gasteiger partial charge in [0.2, 0.25) is 0 Å². The molecule has 0 amide bonds. The lowest BCUT2D eigenvalue weighted by atomic mass is 10.0. The highest BCUT2D eigenvalue weighted by atomic mass is 35.5. The van der Waals surface area contributed by atoms with Gasteiger partial charge in [-0.3, -0.25) is 0 Å². The molecule has 1 aliphatic carbocycles. The molecular weight excluding hydrogens is 202 g/mol. The highest BCUT2D eigenvalue weighted by molar-refractivity contribution is 6.30. The largest absolute Gasteiger partial charge is 0.507 e. The first kappa shape index (κ1) is 9.77. The van der Waals surface area contributed by atoms with Crippen LogP contribution in [0.3, 0.4) is 0 Å². The number of halogens is 1. The first-order valence-electron chi connectivity index (χ1n) is 4.48. The Balaban J connectivity index is 2.54. The van der Waals surface area contributed by atoms with Gasteiger partial charge in [0.05, 0.1) is 6.61 Å². The summed E-state index contributed by atoms with van der Waals surface area (Å²) in [6.45, 7) is -0.227. The minimum atomic E-state index is -0.432. The second kappa shape index (κ2) is 3.12. The summed E-state index contributed by atoms with van der Waals surface area (Å²) >= 11 is 5.86. The number of nitrogens with two attached hydrogens (primary N) is 1. The molecule has 3 nitrogen and oxygen atoms in total. The SMILES string of the molecule is NC1(c2cc(Cl)cc(CO)c2O)CC1. The maximum Gasteiger partial charge on any atom is 0.126 e. The molecule has 0 radical (unpaired) electrons. The monoisotopic (exact) mass is 213 g/mol. The normalized spacial score (nSPS) is 18.2. The van der Waals surface area contributed by atoms with Gasteiger partial charge in [-0.25, -0.2) is 0 Å². The van der Waals surface area contributed by atoms with Crippen molar-refractivity contribution in [1.29, 1.82) is 0 Å². The Morgan fingerprint density at radius 1 is 1.43 bits per heavy atom. The lowest BCUT2D eigenvalue weighted by Crippen LogP contribution is -2.19. The minimum absolute atomic E-state index is 0.0805. The first-order valence-corrected chi connectivity index (χ1v) is 4.86. The van der Waals surface area contributed by atoms with Gasteiger partial charge in [0, 0.05) is 21.7 Å². The van der Waals surface area contributed by atoms with E-state index in [0.717, 1.165) is 12.8 Å². The third kappa shape index (κ3) is 1.47. The molecule has 1 aromatic carbocycles. The van der Waals surface area contributed by atoms with Crippen LogP contribution in [0.15, 0.2) is 12.1 Å². The number of aliphatic hydroxyl groups excluding tert-OH is 1. The molecule has 0 atom stereocenters. The van der Waals surface area contributed by atoms with E-state index in [1.807, 2.05) is 0 Å². The maximum atomic E-state index is 9.79. The average Bonchev–Trinajstić information content (AvgIpc) is 2.88. The van der Waals surface area contributed by atoms with Gasteiger partial charge >= 0.3 is 0 Å². The van der Waals surface area contributed by atoms with Crippen LogP contribution in [0.1, 0.15) is 24.0 Å². The minimum Gasteiger partial charge on any atom is -0.507 e. The van der Waals surface area contributed by atoms with E-state index >= 15 is 0 Å². The molecule has 76 valence electrons. The fourth-order valence-electron chi connectivity index (χ4n) is 1.56. The first-order chi connectivity index (χ1) is 6.57. The summed E-state index contributed by atoms with van der Waals surface area (Å²) in [5.74, 6) is 0.0805. The van der Waals surface area contributed by atoms with Crippen LogP contribution in [0.25, 0.3) is 0 Å². The molecule has 1 aliphatic rings. The van der Waals surface area contributed by atoms with E-state index < -0.39 is 5.54 Å². The number of hydrogen-bond donors (Lipinski definition) is 3. The molecule has 0 spiro atoms. The van der Waals surface area contributed by atoms with Crippen LogP contribution < -0.4 is 5.73 Å². The smallest absolute Gasteiger partial charge is 0.126 e. The highest BCUT2D eigenvalue weighted by Crippen LogP contribution is 2.47. The zero-order valence-corrected chi connectivity index (χ0v) is 8.38. The Hall–Kier alpha value is -0.770. The summed E-state index contributed by atoms with van der Waals surface area (Å²) in [7, 11) is 0. The second-order valence-electron chi connectivity index (χ2n) is 3.78. The number of aromatic hydroxyl groups is 1. The Morgan fingerprint density at radius 2 is 2.07 bits per heavy atom. The van der Waals surface area contributed by atoms with E-state index in [2.05, 4.69) is 0 Å². The third-order valence-electron chi connectivity index (χ3n) is 2.65. The van der Waals surface area contributed by atoms with Crippen molar-refractivity contribution in [1.82, 2.24) is 0 Å². The van der Waals surface area contributed by atoms with Crippen molar-refractivity contribution in [2.75, 3.05) is 0 Å². The standard InChI is InChI=1S/C10H12ClNO2/c11-7-3-6(5-13)9(14)8(4-7)10(12)1-2-10/h3-4,13-14H,1-2,5,12H2. The number of aliphatic hydroxyl groups is 1. The fraction of sp³-hybridized carbons (Fsp3) is 0.400. The summed E-state index contributed by atoms with van der Waals surface area (Å²) in [5.41, 5.74) is 6.61. The van der Waals surface area contributed by atoms with E-state index in [1.54, 1.807) is 12.1 Å². The van der Waals surface area contributed by atoms with Crippen LogP contribution in [0.5, 0.6) is 5.75 Å². The lowest BCUT2D eigenvalue weighted by molar-refractivity contribution is 0.275. The molecule has 4 N–H and O–H groups in total. The molecule has 0 bridgehead atoms. The number of rotatable bonds is 2. The topological polar surface area (TPSA) is 66.5 Å². The second-order valence-corrected chi connectivity index (χ2v) is 4.21. The predicted octanol–water partition coefficient (Wildman–Crippen LogP) is 1.49. The summed E-state index contributed by atoms with van der Waals surface area (Å²) in [6, 6.07) is 3.22. The van der Waals surface area contributed by atoms with E-state index in [0.29, 0.717) is 16.1 Å². The van der Waals surface area contributed by atoms with Gasteiger partial charge in [0.25, 0.3) is 0 Å². The molecular formula is C10H12ClNO2. The van der Waals surface area contributed by atoms with E-state index in [4.69, 9.17) is 22.4 Å². The lowest BCUT2D eigenvalue weighted by Gasteiger charge is -2.14. The summed E-state index contributed by atoms with van der Waals surface area (Å²) in [5, 5.41) is 19.3.